The van der Waals surface area contributed by atoms with Crippen molar-refractivity contribution in [3.63, 3.8) is 0 Å². The number of piperazine rings is 1. The first-order valence-corrected chi connectivity index (χ1v) is 12.6. The third-order valence-electron chi connectivity index (χ3n) is 6.71. The molecule has 1 fully saturated rings. The molecule has 1 amide bonds. The number of hydrogen-bond donors (Lipinski definition) is 2. The number of aryl methyl sites for hydroxylation is 1. The quantitative estimate of drug-likeness (QED) is 0.361. The topological polar surface area (TPSA) is 121 Å². The molecular formula is C27H24FN5O5S. The first kappa shape index (κ1) is 26.0. The summed E-state index contributed by atoms with van der Waals surface area (Å²) < 4.78 is 21.8. The lowest BCUT2D eigenvalue weighted by molar-refractivity contribution is 0.0694. The number of thiocarbonyl (C=S) groups is 1. The normalized spacial score (nSPS) is 13.5. The second kappa shape index (κ2) is 10.7. The maximum atomic E-state index is 15.2. The average molecular weight is 550 g/mol. The van der Waals surface area contributed by atoms with Crippen LogP contribution in [0, 0.1) is 5.82 Å². The summed E-state index contributed by atoms with van der Waals surface area (Å²) in [7, 11) is 0. The number of carboxylic acids is 1. The minimum atomic E-state index is -1.35. The maximum Gasteiger partial charge on any atom is 0.341 e. The highest BCUT2D eigenvalue weighted by Gasteiger charge is 2.25. The van der Waals surface area contributed by atoms with Crippen LogP contribution in [0.3, 0.4) is 0 Å². The van der Waals surface area contributed by atoms with Crippen molar-refractivity contribution >= 4 is 45.8 Å². The zero-order valence-corrected chi connectivity index (χ0v) is 21.7. The first-order chi connectivity index (χ1) is 18.8. The van der Waals surface area contributed by atoms with Gasteiger partial charge < -0.3 is 24.0 Å². The summed E-state index contributed by atoms with van der Waals surface area (Å²) in [6.45, 7) is 3.88. The molecular weight excluding hydrogens is 525 g/mol. The third kappa shape index (κ3) is 4.98. The molecule has 200 valence electrons. The molecule has 4 aromatic rings. The molecule has 0 atom stereocenters. The van der Waals surface area contributed by atoms with Crippen molar-refractivity contribution in [3.8, 4) is 11.3 Å². The first-order valence-electron chi connectivity index (χ1n) is 12.2. The molecule has 10 nitrogen and oxygen atoms in total. The fourth-order valence-corrected chi connectivity index (χ4v) is 4.93. The summed E-state index contributed by atoms with van der Waals surface area (Å²) in [5.74, 6) is -2.41. The van der Waals surface area contributed by atoms with Gasteiger partial charge in [-0.15, -0.1) is 0 Å². The van der Waals surface area contributed by atoms with Gasteiger partial charge in [0, 0.05) is 49.9 Å². The standard InChI is InChI=1S/C27H24FN5O5S/c1-2-31-14-18(26(36)37)24(34)17-12-20(28)22(13-21(17)31)32-8-10-33(11-9-32)27(39)29-25(35)19-15-38-30-23(19)16-6-4-3-5-7-16/h3-7,12-15H,2,8-11H2,1H3,(H,36,37)(H,29,35,39). The number of pyridine rings is 1. The fourth-order valence-electron chi connectivity index (χ4n) is 4.65. The second-order valence-electron chi connectivity index (χ2n) is 8.96. The number of hydrogen-bond acceptors (Lipinski definition) is 7. The van der Waals surface area contributed by atoms with Gasteiger partial charge in [-0.2, -0.15) is 0 Å². The van der Waals surface area contributed by atoms with Gasteiger partial charge in [-0.05, 0) is 31.3 Å². The van der Waals surface area contributed by atoms with Gasteiger partial charge in [-0.3, -0.25) is 14.9 Å². The second-order valence-corrected chi connectivity index (χ2v) is 9.35. The van der Waals surface area contributed by atoms with Crippen LogP contribution < -0.4 is 15.6 Å². The molecule has 5 rings (SSSR count). The number of carbonyl (C=O) groups excluding carboxylic acids is 1. The van der Waals surface area contributed by atoms with Crippen LogP contribution in [0.1, 0.15) is 27.6 Å². The smallest absolute Gasteiger partial charge is 0.341 e. The zero-order chi connectivity index (χ0) is 27.7. The molecule has 39 heavy (non-hydrogen) atoms. The number of amides is 1. The number of aromatic nitrogens is 2. The number of fused-ring (bicyclic) bond motifs is 1. The molecule has 0 aliphatic carbocycles. The molecule has 0 saturated carbocycles. The van der Waals surface area contributed by atoms with Crippen LogP contribution in [0.2, 0.25) is 0 Å². The van der Waals surface area contributed by atoms with E-state index in [1.165, 1.54) is 12.5 Å². The highest BCUT2D eigenvalue weighted by molar-refractivity contribution is 7.80. The van der Waals surface area contributed by atoms with E-state index in [1.807, 2.05) is 47.1 Å². The molecule has 0 unspecified atom stereocenters. The monoisotopic (exact) mass is 549 g/mol. The molecule has 2 N–H and O–H groups in total. The number of nitrogens with zero attached hydrogens (tertiary/aromatic N) is 4. The van der Waals surface area contributed by atoms with E-state index < -0.39 is 28.7 Å². The lowest BCUT2D eigenvalue weighted by atomic mass is 10.1. The minimum absolute atomic E-state index is 0.0177. The molecule has 2 aromatic heterocycles. The van der Waals surface area contributed by atoms with Crippen LogP contribution in [0.25, 0.3) is 22.2 Å². The van der Waals surface area contributed by atoms with Crippen molar-refractivity contribution in [2.75, 3.05) is 31.1 Å². The van der Waals surface area contributed by atoms with Crippen LogP contribution in [-0.4, -0.2) is 62.9 Å². The Kier molecular flexibility index (Phi) is 7.11. The summed E-state index contributed by atoms with van der Waals surface area (Å²) in [6, 6.07) is 11.9. The van der Waals surface area contributed by atoms with E-state index in [-0.39, 0.29) is 16.1 Å². The van der Waals surface area contributed by atoms with Gasteiger partial charge in [-0.1, -0.05) is 35.5 Å². The van der Waals surface area contributed by atoms with E-state index in [4.69, 9.17) is 16.7 Å². The van der Waals surface area contributed by atoms with Crippen molar-refractivity contribution in [2.24, 2.45) is 0 Å². The number of aromatic carboxylic acids is 1. The van der Waals surface area contributed by atoms with E-state index in [2.05, 4.69) is 10.5 Å². The van der Waals surface area contributed by atoms with E-state index in [0.29, 0.717) is 49.6 Å². The van der Waals surface area contributed by atoms with Crippen molar-refractivity contribution in [1.82, 2.24) is 19.9 Å². The summed E-state index contributed by atoms with van der Waals surface area (Å²) in [5, 5.41) is 16.3. The van der Waals surface area contributed by atoms with Gasteiger partial charge in [0.05, 0.1) is 11.2 Å². The Bertz CT molecular complexity index is 1640. The highest BCUT2D eigenvalue weighted by atomic mass is 32.1. The summed E-state index contributed by atoms with van der Waals surface area (Å²) in [6.07, 6.45) is 2.56. The van der Waals surface area contributed by atoms with Gasteiger partial charge in [0.2, 0.25) is 5.43 Å². The van der Waals surface area contributed by atoms with E-state index in [9.17, 15) is 19.5 Å². The van der Waals surface area contributed by atoms with Crippen LogP contribution in [-0.2, 0) is 6.54 Å². The molecule has 12 heteroatoms. The molecule has 0 spiro atoms. The Morgan fingerprint density at radius 1 is 1.13 bits per heavy atom. The number of carbonyl (C=O) groups is 2. The van der Waals surface area contributed by atoms with E-state index in [1.54, 1.807) is 10.6 Å². The third-order valence-corrected chi connectivity index (χ3v) is 7.07. The lowest BCUT2D eigenvalue weighted by Crippen LogP contribution is -2.52. The Balaban J connectivity index is 1.30. The number of rotatable bonds is 5. The average Bonchev–Trinajstić information content (AvgIpc) is 3.44. The largest absolute Gasteiger partial charge is 0.477 e. The van der Waals surface area contributed by atoms with Crippen LogP contribution >= 0.6 is 12.2 Å². The molecule has 1 saturated heterocycles. The molecule has 1 aliphatic rings. The van der Waals surface area contributed by atoms with Gasteiger partial charge in [0.25, 0.3) is 5.91 Å². The fraction of sp³-hybridized carbons (Fsp3) is 0.222. The van der Waals surface area contributed by atoms with Crippen molar-refractivity contribution < 1.29 is 23.6 Å². The van der Waals surface area contributed by atoms with Gasteiger partial charge in [0.1, 0.15) is 28.9 Å². The molecule has 0 radical (unpaired) electrons. The summed E-state index contributed by atoms with van der Waals surface area (Å²) in [4.78, 5) is 40.7. The highest BCUT2D eigenvalue weighted by Crippen LogP contribution is 2.27. The van der Waals surface area contributed by atoms with Crippen molar-refractivity contribution in [1.29, 1.82) is 0 Å². The van der Waals surface area contributed by atoms with Gasteiger partial charge >= 0.3 is 5.97 Å². The Labute approximate surface area is 227 Å². The number of anilines is 1. The molecule has 2 aromatic carbocycles. The van der Waals surface area contributed by atoms with Crippen LogP contribution in [0.5, 0.6) is 0 Å². The Hall–Kier alpha value is -4.58. The van der Waals surface area contributed by atoms with Crippen molar-refractivity contribution in [3.05, 3.63) is 82.1 Å². The SMILES string of the molecule is CCn1cc(C(=O)O)c(=O)c2cc(F)c(N3CCN(C(=S)NC(=O)c4conc4-c4ccccc4)CC3)cc21. The number of nitrogens with one attached hydrogen (secondary N) is 1. The zero-order valence-electron chi connectivity index (χ0n) is 20.9. The Morgan fingerprint density at radius 3 is 2.51 bits per heavy atom. The molecule has 3 heterocycles. The summed E-state index contributed by atoms with van der Waals surface area (Å²) >= 11 is 5.47. The maximum absolute atomic E-state index is 15.2. The number of benzene rings is 2. The van der Waals surface area contributed by atoms with Gasteiger partial charge in [0.15, 0.2) is 5.11 Å². The predicted octanol–water partition coefficient (Wildman–Crippen LogP) is 3.35. The molecule has 0 bridgehead atoms. The summed E-state index contributed by atoms with van der Waals surface area (Å²) in [5.41, 5.74) is 1.04. The minimum Gasteiger partial charge on any atom is -0.477 e. The lowest BCUT2D eigenvalue weighted by Gasteiger charge is -2.37. The number of carboxylic acid groups (broad SMARTS) is 1. The van der Waals surface area contributed by atoms with E-state index >= 15 is 4.39 Å². The van der Waals surface area contributed by atoms with E-state index in [0.717, 1.165) is 11.6 Å². The molecule has 1 aliphatic heterocycles. The van der Waals surface area contributed by atoms with Crippen LogP contribution in [0.15, 0.2) is 64.2 Å². The van der Waals surface area contributed by atoms with Crippen LogP contribution in [0.4, 0.5) is 10.1 Å². The van der Waals surface area contributed by atoms with Gasteiger partial charge in [-0.25, -0.2) is 9.18 Å². The predicted molar refractivity (Wildman–Crippen MR) is 147 cm³/mol. The van der Waals surface area contributed by atoms with Crippen molar-refractivity contribution in [2.45, 2.75) is 13.5 Å². The number of halogens is 1. The Morgan fingerprint density at radius 2 is 1.85 bits per heavy atom.